The quantitative estimate of drug-likeness (QED) is 0.446. The molecule has 194 valence electrons. The van der Waals surface area contributed by atoms with Crippen LogP contribution < -0.4 is 4.90 Å². The normalized spacial score (nSPS) is 19.2. The summed E-state index contributed by atoms with van der Waals surface area (Å²) in [4.78, 5) is 21.2. The number of likely N-dealkylation sites (N-methyl/N-ethyl adjacent to an activating group) is 1. The minimum Gasteiger partial charge on any atom is -0.308 e. The van der Waals surface area contributed by atoms with E-state index < -0.39 is 27.6 Å². The molecular weight excluding hydrogens is 506 g/mol. The van der Waals surface area contributed by atoms with Gasteiger partial charge in [-0.1, -0.05) is 25.2 Å². The smallest absolute Gasteiger partial charge is 0.260 e. The summed E-state index contributed by atoms with van der Waals surface area (Å²) < 4.78 is 56.2. The molecule has 1 aliphatic heterocycles. The number of amides is 1. The summed E-state index contributed by atoms with van der Waals surface area (Å²) in [6.07, 6.45) is 0.991. The zero-order valence-corrected chi connectivity index (χ0v) is 22.4. The number of carbonyl (C=O) groups excluding carboxylic acids is 1. The first-order valence-electron chi connectivity index (χ1n) is 11.8. The highest BCUT2D eigenvalue weighted by atomic mass is 32.2. The summed E-state index contributed by atoms with van der Waals surface area (Å²) in [5.74, 6) is -1.34. The van der Waals surface area contributed by atoms with Crippen LogP contribution in [-0.4, -0.2) is 68.8 Å². The van der Waals surface area contributed by atoms with Crippen molar-refractivity contribution in [2.24, 2.45) is 11.8 Å². The molecule has 0 bridgehead atoms. The number of fused-ring (bicyclic) bond motifs is 1. The zero-order valence-electron chi connectivity index (χ0n) is 20.7. The summed E-state index contributed by atoms with van der Waals surface area (Å²) in [5, 5.41) is 0.245. The van der Waals surface area contributed by atoms with Crippen molar-refractivity contribution in [1.82, 2.24) is 14.2 Å². The highest BCUT2D eigenvalue weighted by molar-refractivity contribution is 7.89. The predicted octanol–water partition coefficient (Wildman–Crippen LogP) is 4.45. The number of hydrogen-bond donors (Lipinski definition) is 0. The second-order valence-electron chi connectivity index (χ2n) is 9.78. The van der Waals surface area contributed by atoms with Gasteiger partial charge in [0.1, 0.15) is 11.3 Å². The summed E-state index contributed by atoms with van der Waals surface area (Å²) in [5.41, 5.74) is 0.282. The van der Waals surface area contributed by atoms with E-state index in [2.05, 4.69) is 4.98 Å². The third-order valence-electron chi connectivity index (χ3n) is 6.22. The number of hydrogen-bond acceptors (Lipinski definition) is 6. The highest BCUT2D eigenvalue weighted by Gasteiger charge is 2.32. The van der Waals surface area contributed by atoms with Gasteiger partial charge in [-0.25, -0.2) is 22.2 Å². The number of carbonyl (C=O) groups is 1. The average Bonchev–Trinajstić information content (AvgIpc) is 3.22. The van der Waals surface area contributed by atoms with Crippen molar-refractivity contribution in [2.45, 2.75) is 25.2 Å². The van der Waals surface area contributed by atoms with Crippen molar-refractivity contribution in [1.29, 1.82) is 0 Å². The average molecular weight is 537 g/mol. The lowest BCUT2D eigenvalue weighted by atomic mass is 9.94. The van der Waals surface area contributed by atoms with Gasteiger partial charge in [0.05, 0.1) is 9.60 Å². The van der Waals surface area contributed by atoms with E-state index in [0.29, 0.717) is 24.3 Å². The van der Waals surface area contributed by atoms with Crippen molar-refractivity contribution in [3.63, 3.8) is 0 Å². The van der Waals surface area contributed by atoms with Crippen LogP contribution in [0.5, 0.6) is 0 Å². The van der Waals surface area contributed by atoms with E-state index in [1.807, 2.05) is 32.8 Å². The number of aromatic nitrogens is 1. The van der Waals surface area contributed by atoms with E-state index >= 15 is 0 Å². The first-order chi connectivity index (χ1) is 17.0. The van der Waals surface area contributed by atoms with Gasteiger partial charge in [-0.3, -0.25) is 9.69 Å². The maximum Gasteiger partial charge on any atom is 0.260 e. The van der Waals surface area contributed by atoms with Crippen LogP contribution in [0, 0.1) is 23.5 Å². The maximum absolute atomic E-state index is 14.3. The first-order valence-corrected chi connectivity index (χ1v) is 14.0. The molecule has 2 heterocycles. The molecule has 1 saturated heterocycles. The Balaban J connectivity index is 1.63. The topological polar surface area (TPSA) is 73.8 Å². The van der Waals surface area contributed by atoms with Crippen LogP contribution in [0.3, 0.4) is 0 Å². The number of halogens is 2. The number of sulfonamides is 1. The van der Waals surface area contributed by atoms with Gasteiger partial charge in [-0.15, -0.1) is 0 Å². The van der Waals surface area contributed by atoms with Crippen LogP contribution in [0.2, 0.25) is 0 Å². The molecule has 0 saturated carbocycles. The van der Waals surface area contributed by atoms with Crippen LogP contribution in [0.25, 0.3) is 10.2 Å². The monoisotopic (exact) mass is 536 g/mol. The van der Waals surface area contributed by atoms with Crippen molar-refractivity contribution >= 4 is 42.6 Å². The Morgan fingerprint density at radius 1 is 1.08 bits per heavy atom. The molecule has 2 atom stereocenters. The first kappa shape index (κ1) is 26.6. The van der Waals surface area contributed by atoms with E-state index in [9.17, 15) is 22.0 Å². The van der Waals surface area contributed by atoms with E-state index in [1.54, 1.807) is 0 Å². The fourth-order valence-electron chi connectivity index (χ4n) is 4.52. The molecule has 1 fully saturated rings. The maximum atomic E-state index is 14.3. The van der Waals surface area contributed by atoms with Crippen LogP contribution in [-0.2, 0) is 10.0 Å². The van der Waals surface area contributed by atoms with Crippen molar-refractivity contribution in [2.75, 3.05) is 45.2 Å². The Morgan fingerprint density at radius 2 is 1.72 bits per heavy atom. The molecule has 2 aromatic carbocycles. The molecule has 11 heteroatoms. The summed E-state index contributed by atoms with van der Waals surface area (Å²) in [6, 6.07) is 7.83. The molecule has 3 aromatic rings. The van der Waals surface area contributed by atoms with Gasteiger partial charge < -0.3 is 4.90 Å². The second kappa shape index (κ2) is 10.5. The van der Waals surface area contributed by atoms with Crippen LogP contribution >= 0.6 is 11.3 Å². The molecule has 1 amide bonds. The predicted molar refractivity (Wildman–Crippen MR) is 138 cm³/mol. The van der Waals surface area contributed by atoms with Crippen LogP contribution in [0.15, 0.2) is 41.3 Å². The molecule has 4 rings (SSSR count). The van der Waals surface area contributed by atoms with Gasteiger partial charge in [0.15, 0.2) is 10.9 Å². The van der Waals surface area contributed by atoms with E-state index in [1.165, 1.54) is 39.5 Å². The molecule has 36 heavy (non-hydrogen) atoms. The Bertz CT molecular complexity index is 1350. The van der Waals surface area contributed by atoms with Gasteiger partial charge in [0.2, 0.25) is 10.0 Å². The highest BCUT2D eigenvalue weighted by Crippen LogP contribution is 2.32. The molecule has 7 nitrogen and oxygen atoms in total. The number of thiazole rings is 1. The molecular formula is C25H30F2N4O3S2. The van der Waals surface area contributed by atoms with Gasteiger partial charge in [0, 0.05) is 37.8 Å². The third kappa shape index (κ3) is 5.59. The molecule has 2 unspecified atom stereocenters. The van der Waals surface area contributed by atoms with Gasteiger partial charge in [-0.2, -0.15) is 4.31 Å². The minimum atomic E-state index is -3.68. The molecule has 1 aliphatic rings. The fourth-order valence-corrected chi connectivity index (χ4v) is 7.23. The summed E-state index contributed by atoms with van der Waals surface area (Å²) in [6.45, 7) is 5.81. The number of rotatable bonds is 7. The SMILES string of the molecule is CC1CC(C)CN(S(=O)(=O)c2ccc(C(=O)N(CCN(C)C)c3nc4c(F)cc(F)cc4s3)cc2)C1. The minimum absolute atomic E-state index is 0.00508. The van der Waals surface area contributed by atoms with Crippen molar-refractivity contribution in [3.8, 4) is 0 Å². The number of benzene rings is 2. The van der Waals surface area contributed by atoms with Gasteiger partial charge in [0.25, 0.3) is 5.91 Å². The summed E-state index contributed by atoms with van der Waals surface area (Å²) in [7, 11) is 0.0422. The van der Waals surface area contributed by atoms with E-state index in [0.717, 1.165) is 23.8 Å². The van der Waals surface area contributed by atoms with E-state index in [-0.39, 0.29) is 39.5 Å². The standard InChI is InChI=1S/C25H30F2N4O3S2/c1-16-11-17(2)15-30(14-16)36(33,34)20-7-5-18(6-8-20)24(32)31(10-9-29(3)4)25-28-23-21(27)12-19(26)13-22(23)35-25/h5-8,12-13,16-17H,9-11,14-15H2,1-4H3. The molecule has 1 aromatic heterocycles. The van der Waals surface area contributed by atoms with Crippen LogP contribution in [0.1, 0.15) is 30.6 Å². The van der Waals surface area contributed by atoms with Crippen molar-refractivity contribution < 1.29 is 22.0 Å². The summed E-state index contributed by atoms with van der Waals surface area (Å²) >= 11 is 1.03. The molecule has 0 radical (unpaired) electrons. The van der Waals surface area contributed by atoms with E-state index in [4.69, 9.17) is 0 Å². The van der Waals surface area contributed by atoms with Gasteiger partial charge in [-0.05, 0) is 62.7 Å². The number of nitrogens with zero attached hydrogens (tertiary/aromatic N) is 4. The molecule has 0 spiro atoms. The molecule has 0 N–H and O–H groups in total. The Kier molecular flexibility index (Phi) is 7.75. The largest absolute Gasteiger partial charge is 0.308 e. The van der Waals surface area contributed by atoms with Gasteiger partial charge >= 0.3 is 0 Å². The number of piperidine rings is 1. The lowest BCUT2D eigenvalue weighted by Gasteiger charge is -2.34. The fraction of sp³-hybridized carbons (Fsp3) is 0.440. The van der Waals surface area contributed by atoms with Crippen LogP contribution in [0.4, 0.5) is 13.9 Å². The molecule has 0 aliphatic carbocycles. The Hall–Kier alpha value is -2.47. The lowest BCUT2D eigenvalue weighted by molar-refractivity contribution is 0.0985. The third-order valence-corrected chi connectivity index (χ3v) is 9.09. The number of anilines is 1. The lowest BCUT2D eigenvalue weighted by Crippen LogP contribution is -2.42. The zero-order chi connectivity index (χ0) is 26.2. The second-order valence-corrected chi connectivity index (χ2v) is 12.7. The Morgan fingerprint density at radius 3 is 2.33 bits per heavy atom. The Labute approximate surface area is 214 Å². The van der Waals surface area contributed by atoms with Crippen molar-refractivity contribution in [3.05, 3.63) is 53.6 Å².